The van der Waals surface area contributed by atoms with Gasteiger partial charge in [-0.15, -0.1) is 11.3 Å². The average Bonchev–Trinajstić information content (AvgIpc) is 2.97. The molecule has 0 saturated heterocycles. The minimum Gasteiger partial charge on any atom is -0.469 e. The summed E-state index contributed by atoms with van der Waals surface area (Å²) >= 11 is 1.38. The highest BCUT2D eigenvalue weighted by atomic mass is 32.2. The van der Waals surface area contributed by atoms with Crippen LogP contribution in [0.3, 0.4) is 0 Å². The van der Waals surface area contributed by atoms with E-state index < -0.39 is 39.0 Å². The summed E-state index contributed by atoms with van der Waals surface area (Å²) in [6.45, 7) is 4.45. The summed E-state index contributed by atoms with van der Waals surface area (Å²) in [5.74, 6) is -2.68. The van der Waals surface area contributed by atoms with Gasteiger partial charge in [0, 0.05) is 4.88 Å². The lowest BCUT2D eigenvalue weighted by Gasteiger charge is -2.19. The maximum absolute atomic E-state index is 12.1. The lowest BCUT2D eigenvalue weighted by atomic mass is 10.1. The first-order valence-corrected chi connectivity index (χ1v) is 8.80. The molecule has 0 spiro atoms. The van der Waals surface area contributed by atoms with E-state index in [9.17, 15) is 18.0 Å². The van der Waals surface area contributed by atoms with Crippen molar-refractivity contribution in [3.05, 3.63) is 22.4 Å². The van der Waals surface area contributed by atoms with E-state index in [1.165, 1.54) is 32.3 Å². The normalized spacial score (nSPS) is 15.8. The monoisotopic (exact) mass is 333 g/mol. The maximum Gasteiger partial charge on any atom is 0.309 e. The van der Waals surface area contributed by atoms with Crippen molar-refractivity contribution in [1.82, 2.24) is 4.72 Å². The Labute approximate surface area is 128 Å². The van der Waals surface area contributed by atoms with Gasteiger partial charge < -0.3 is 4.74 Å². The summed E-state index contributed by atoms with van der Waals surface area (Å²) < 4.78 is 30.8. The highest BCUT2D eigenvalue weighted by molar-refractivity contribution is 7.90. The Hall–Kier alpha value is -1.41. The number of amides is 1. The van der Waals surface area contributed by atoms with Crippen LogP contribution in [0.4, 0.5) is 0 Å². The van der Waals surface area contributed by atoms with Crippen LogP contribution in [0, 0.1) is 5.92 Å². The topological polar surface area (TPSA) is 89.5 Å². The van der Waals surface area contributed by atoms with Crippen molar-refractivity contribution in [3.63, 3.8) is 0 Å². The molecule has 118 valence electrons. The quantitative estimate of drug-likeness (QED) is 0.797. The molecule has 0 aliphatic rings. The molecule has 1 heterocycles. The molecular formula is C13H19NO5S2. The number of hydrogen-bond acceptors (Lipinski definition) is 6. The minimum atomic E-state index is -3.95. The molecule has 6 nitrogen and oxygen atoms in total. The zero-order chi connectivity index (χ0) is 16.2. The molecule has 3 atom stereocenters. The van der Waals surface area contributed by atoms with E-state index >= 15 is 0 Å². The van der Waals surface area contributed by atoms with E-state index in [1.807, 2.05) is 10.1 Å². The van der Waals surface area contributed by atoms with Crippen LogP contribution in [-0.2, 0) is 24.3 Å². The average molecular weight is 333 g/mol. The Morgan fingerprint density at radius 2 is 1.90 bits per heavy atom. The fraction of sp³-hybridized carbons (Fsp3) is 0.538. The van der Waals surface area contributed by atoms with Crippen LogP contribution in [-0.4, -0.2) is 32.7 Å². The van der Waals surface area contributed by atoms with Gasteiger partial charge in [-0.25, -0.2) is 8.42 Å². The maximum atomic E-state index is 12.1. The number of carbonyl (C=O) groups excluding carboxylic acids is 2. The predicted octanol–water partition coefficient (Wildman–Crippen LogP) is 1.50. The van der Waals surface area contributed by atoms with Gasteiger partial charge >= 0.3 is 5.97 Å². The molecule has 3 unspecified atom stereocenters. The SMILES string of the molecule is COC(=O)C(C)C(C)S(=O)(=O)NC(=O)C(C)c1cccs1. The molecule has 0 aromatic carbocycles. The number of sulfonamides is 1. The van der Waals surface area contributed by atoms with Crippen LogP contribution in [0.2, 0.25) is 0 Å². The van der Waals surface area contributed by atoms with E-state index in [2.05, 4.69) is 4.74 Å². The van der Waals surface area contributed by atoms with Crippen LogP contribution in [0.25, 0.3) is 0 Å². The third kappa shape index (κ3) is 4.28. The molecule has 0 saturated carbocycles. The lowest BCUT2D eigenvalue weighted by molar-refractivity contribution is -0.144. The van der Waals surface area contributed by atoms with Crippen molar-refractivity contribution in [3.8, 4) is 0 Å². The number of thiophene rings is 1. The summed E-state index contributed by atoms with van der Waals surface area (Å²) in [7, 11) is -2.76. The highest BCUT2D eigenvalue weighted by Crippen LogP contribution is 2.21. The summed E-state index contributed by atoms with van der Waals surface area (Å²) in [5, 5.41) is 0.750. The highest BCUT2D eigenvalue weighted by Gasteiger charge is 2.34. The number of hydrogen-bond donors (Lipinski definition) is 1. The van der Waals surface area contributed by atoms with Crippen LogP contribution in [0.15, 0.2) is 17.5 Å². The number of rotatable bonds is 6. The molecule has 21 heavy (non-hydrogen) atoms. The number of carbonyl (C=O) groups is 2. The summed E-state index contributed by atoms with van der Waals surface area (Å²) in [6.07, 6.45) is 0. The van der Waals surface area contributed by atoms with Crippen molar-refractivity contribution in [2.45, 2.75) is 31.9 Å². The van der Waals surface area contributed by atoms with Crippen LogP contribution in [0.5, 0.6) is 0 Å². The first kappa shape index (κ1) is 17.6. The Morgan fingerprint density at radius 3 is 2.38 bits per heavy atom. The van der Waals surface area contributed by atoms with Gasteiger partial charge in [-0.3, -0.25) is 14.3 Å². The predicted molar refractivity (Wildman–Crippen MR) is 80.4 cm³/mol. The van der Waals surface area contributed by atoms with Gasteiger partial charge in [-0.2, -0.15) is 0 Å². The van der Waals surface area contributed by atoms with Crippen molar-refractivity contribution in [1.29, 1.82) is 0 Å². The fourth-order valence-corrected chi connectivity index (χ4v) is 3.71. The van der Waals surface area contributed by atoms with E-state index in [0.29, 0.717) is 0 Å². The molecule has 1 N–H and O–H groups in total. The first-order chi connectivity index (χ1) is 9.70. The zero-order valence-corrected chi connectivity index (χ0v) is 14.0. The molecule has 1 aromatic rings. The van der Waals surface area contributed by atoms with Gasteiger partial charge in [0.05, 0.1) is 24.2 Å². The van der Waals surface area contributed by atoms with Crippen LogP contribution >= 0.6 is 11.3 Å². The molecule has 0 aliphatic carbocycles. The largest absolute Gasteiger partial charge is 0.469 e. The van der Waals surface area contributed by atoms with Gasteiger partial charge in [0.2, 0.25) is 15.9 Å². The van der Waals surface area contributed by atoms with E-state index in [4.69, 9.17) is 0 Å². The number of nitrogens with one attached hydrogen (secondary N) is 1. The van der Waals surface area contributed by atoms with Gasteiger partial charge in [0.1, 0.15) is 0 Å². The van der Waals surface area contributed by atoms with E-state index in [-0.39, 0.29) is 0 Å². The Bertz CT molecular complexity index is 594. The van der Waals surface area contributed by atoms with Gasteiger partial charge in [0.15, 0.2) is 0 Å². The lowest BCUT2D eigenvalue weighted by Crippen LogP contribution is -2.43. The fourth-order valence-electron chi connectivity index (χ4n) is 1.63. The van der Waals surface area contributed by atoms with Gasteiger partial charge in [-0.05, 0) is 25.3 Å². The number of ether oxygens (including phenoxy) is 1. The molecular weight excluding hydrogens is 314 g/mol. The second-order valence-corrected chi connectivity index (χ2v) is 7.78. The first-order valence-electron chi connectivity index (χ1n) is 6.37. The van der Waals surface area contributed by atoms with Gasteiger partial charge in [0.25, 0.3) is 0 Å². The standard InChI is InChI=1S/C13H19NO5S2/c1-8(13(16)19-4)10(3)21(17,18)14-12(15)9(2)11-6-5-7-20-11/h5-10H,1-4H3,(H,14,15). The van der Waals surface area contributed by atoms with E-state index in [0.717, 1.165) is 4.88 Å². The van der Waals surface area contributed by atoms with Crippen molar-refractivity contribution in [2.24, 2.45) is 5.92 Å². The molecule has 8 heteroatoms. The third-order valence-electron chi connectivity index (χ3n) is 3.37. The van der Waals surface area contributed by atoms with Crippen LogP contribution < -0.4 is 4.72 Å². The second kappa shape index (κ2) is 7.04. The Morgan fingerprint density at radius 1 is 1.29 bits per heavy atom. The Balaban J connectivity index is 2.80. The molecule has 1 amide bonds. The smallest absolute Gasteiger partial charge is 0.309 e. The summed E-state index contributed by atoms with van der Waals surface area (Å²) in [6, 6.07) is 3.56. The molecule has 0 radical (unpaired) electrons. The summed E-state index contributed by atoms with van der Waals surface area (Å²) in [4.78, 5) is 24.2. The van der Waals surface area contributed by atoms with Crippen molar-refractivity contribution >= 4 is 33.2 Å². The third-order valence-corrected chi connectivity index (χ3v) is 6.30. The number of esters is 1. The molecule has 1 aromatic heterocycles. The molecule has 0 bridgehead atoms. The zero-order valence-electron chi connectivity index (χ0n) is 12.3. The second-order valence-electron chi connectivity index (χ2n) is 4.77. The van der Waals surface area contributed by atoms with Crippen LogP contribution in [0.1, 0.15) is 31.6 Å². The molecule has 0 fully saturated rings. The van der Waals surface area contributed by atoms with E-state index in [1.54, 1.807) is 19.1 Å². The van der Waals surface area contributed by atoms with Crippen molar-refractivity contribution < 1.29 is 22.7 Å². The molecule has 0 aliphatic heterocycles. The minimum absolute atomic E-state index is 0.569. The summed E-state index contributed by atoms with van der Waals surface area (Å²) in [5.41, 5.74) is 0. The molecule has 1 rings (SSSR count). The van der Waals surface area contributed by atoms with Crippen molar-refractivity contribution in [2.75, 3.05) is 7.11 Å². The Kier molecular flexibility index (Phi) is 5.91. The number of methoxy groups -OCH3 is 1. The van der Waals surface area contributed by atoms with Gasteiger partial charge in [-0.1, -0.05) is 13.0 Å².